The van der Waals surface area contributed by atoms with Crippen LogP contribution in [-0.2, 0) is 4.74 Å². The van der Waals surface area contributed by atoms with Gasteiger partial charge in [-0.1, -0.05) is 0 Å². The number of nitrogens with two attached hydrogens (primary N) is 1. The van der Waals surface area contributed by atoms with E-state index in [9.17, 15) is 15.3 Å². The summed E-state index contributed by atoms with van der Waals surface area (Å²) in [6.07, 6.45) is 1.90. The SMILES string of the molecule is Nc1ncnc2c1ccn2[C@@H]1O[C@H](CO)[C@@H](O)[C@]1(O)C1CC1. The van der Waals surface area contributed by atoms with E-state index < -0.39 is 24.0 Å². The number of ether oxygens (including phenoxy) is 1. The van der Waals surface area contributed by atoms with Gasteiger partial charge in [0, 0.05) is 6.20 Å². The molecule has 1 aliphatic heterocycles. The number of aromatic nitrogens is 3. The molecule has 1 saturated heterocycles. The van der Waals surface area contributed by atoms with Gasteiger partial charge in [0.1, 0.15) is 35.6 Å². The maximum atomic E-state index is 11.1. The molecule has 2 fully saturated rings. The predicted molar refractivity (Wildman–Crippen MR) is 76.6 cm³/mol. The Morgan fingerprint density at radius 3 is 2.86 bits per heavy atom. The summed E-state index contributed by atoms with van der Waals surface area (Å²) in [5.41, 5.74) is 4.92. The quantitative estimate of drug-likeness (QED) is 0.596. The van der Waals surface area contributed by atoms with E-state index in [2.05, 4.69) is 9.97 Å². The van der Waals surface area contributed by atoms with Crippen LogP contribution in [0.1, 0.15) is 19.1 Å². The zero-order chi connectivity index (χ0) is 15.5. The van der Waals surface area contributed by atoms with Gasteiger partial charge in [-0.2, -0.15) is 0 Å². The van der Waals surface area contributed by atoms with Gasteiger partial charge in [0.05, 0.1) is 12.0 Å². The molecule has 0 bridgehead atoms. The highest BCUT2D eigenvalue weighted by Crippen LogP contribution is 2.53. The molecule has 0 spiro atoms. The lowest BCUT2D eigenvalue weighted by Crippen LogP contribution is -2.48. The Hall–Kier alpha value is -1.74. The van der Waals surface area contributed by atoms with Crippen LogP contribution in [-0.4, -0.2) is 54.3 Å². The van der Waals surface area contributed by atoms with E-state index in [-0.39, 0.29) is 12.5 Å². The van der Waals surface area contributed by atoms with Crippen LogP contribution in [0.2, 0.25) is 0 Å². The molecule has 118 valence electrons. The summed E-state index contributed by atoms with van der Waals surface area (Å²) in [7, 11) is 0. The average molecular weight is 306 g/mol. The standard InChI is InChI=1S/C14H18N4O4/c15-11-8-3-4-18(12(8)17-6-16-11)13-14(21,7-1-2-7)10(20)9(5-19)22-13/h3-4,6-7,9-10,13,19-21H,1-2,5H2,(H2,15,16,17)/t9-,10-,13-,14-/m1/s1. The smallest absolute Gasteiger partial charge is 0.167 e. The molecular formula is C14H18N4O4. The number of anilines is 1. The van der Waals surface area contributed by atoms with Crippen molar-refractivity contribution in [2.24, 2.45) is 5.92 Å². The lowest BCUT2D eigenvalue weighted by molar-refractivity contribution is -0.121. The molecular weight excluding hydrogens is 288 g/mol. The fourth-order valence-corrected chi connectivity index (χ4v) is 3.39. The Morgan fingerprint density at radius 2 is 2.18 bits per heavy atom. The molecule has 22 heavy (non-hydrogen) atoms. The van der Waals surface area contributed by atoms with Crippen LogP contribution >= 0.6 is 0 Å². The third kappa shape index (κ3) is 1.72. The van der Waals surface area contributed by atoms with Crippen LogP contribution in [0.25, 0.3) is 11.0 Å². The van der Waals surface area contributed by atoms with Crippen molar-refractivity contribution >= 4 is 16.9 Å². The highest BCUT2D eigenvalue weighted by atomic mass is 16.6. The van der Waals surface area contributed by atoms with E-state index in [1.807, 2.05) is 0 Å². The van der Waals surface area contributed by atoms with Crippen molar-refractivity contribution in [2.45, 2.75) is 36.9 Å². The summed E-state index contributed by atoms with van der Waals surface area (Å²) < 4.78 is 7.40. The molecule has 2 aromatic rings. The second-order valence-electron chi connectivity index (χ2n) is 6.04. The largest absolute Gasteiger partial charge is 0.394 e. The number of rotatable bonds is 3. The number of nitrogen functional groups attached to an aromatic ring is 1. The molecule has 1 aliphatic carbocycles. The molecule has 8 nitrogen and oxygen atoms in total. The Balaban J connectivity index is 1.84. The van der Waals surface area contributed by atoms with Crippen LogP contribution in [0.3, 0.4) is 0 Å². The lowest BCUT2D eigenvalue weighted by Gasteiger charge is -2.32. The summed E-state index contributed by atoms with van der Waals surface area (Å²) in [6, 6.07) is 1.75. The molecule has 2 aliphatic rings. The van der Waals surface area contributed by atoms with Crippen molar-refractivity contribution in [1.82, 2.24) is 14.5 Å². The van der Waals surface area contributed by atoms with Gasteiger partial charge < -0.3 is 30.4 Å². The third-order valence-corrected chi connectivity index (χ3v) is 4.73. The van der Waals surface area contributed by atoms with Gasteiger partial charge in [-0.3, -0.25) is 0 Å². The van der Waals surface area contributed by atoms with Crippen LogP contribution in [0.15, 0.2) is 18.6 Å². The minimum absolute atomic E-state index is 0.0549. The molecule has 3 heterocycles. The second-order valence-corrected chi connectivity index (χ2v) is 6.04. The number of nitrogens with zero attached hydrogens (tertiary/aromatic N) is 3. The number of hydrogen-bond donors (Lipinski definition) is 4. The highest BCUT2D eigenvalue weighted by Gasteiger charge is 2.62. The zero-order valence-electron chi connectivity index (χ0n) is 11.8. The van der Waals surface area contributed by atoms with Crippen LogP contribution < -0.4 is 5.73 Å². The molecule has 0 amide bonds. The molecule has 1 saturated carbocycles. The van der Waals surface area contributed by atoms with Gasteiger partial charge in [0.25, 0.3) is 0 Å². The number of aliphatic hydroxyl groups is 3. The lowest BCUT2D eigenvalue weighted by atomic mass is 9.89. The van der Waals surface area contributed by atoms with Crippen molar-refractivity contribution in [3.63, 3.8) is 0 Å². The predicted octanol–water partition coefficient (Wildman–Crippen LogP) is -0.595. The van der Waals surface area contributed by atoms with E-state index in [1.54, 1.807) is 16.8 Å². The molecule has 4 rings (SSSR count). The first kappa shape index (κ1) is 13.9. The molecule has 2 aromatic heterocycles. The van der Waals surface area contributed by atoms with E-state index >= 15 is 0 Å². The topological polar surface area (TPSA) is 127 Å². The minimum atomic E-state index is -1.45. The van der Waals surface area contributed by atoms with Crippen molar-refractivity contribution in [3.05, 3.63) is 18.6 Å². The van der Waals surface area contributed by atoms with Gasteiger partial charge >= 0.3 is 0 Å². The first-order valence-electron chi connectivity index (χ1n) is 7.31. The molecule has 8 heteroatoms. The van der Waals surface area contributed by atoms with E-state index in [4.69, 9.17) is 10.5 Å². The molecule has 0 radical (unpaired) electrons. The number of aliphatic hydroxyl groups excluding tert-OH is 2. The van der Waals surface area contributed by atoms with Crippen molar-refractivity contribution in [2.75, 3.05) is 12.3 Å². The average Bonchev–Trinajstić information content (AvgIpc) is 3.23. The fourth-order valence-electron chi connectivity index (χ4n) is 3.39. The Labute approximate surface area is 126 Å². The van der Waals surface area contributed by atoms with Crippen LogP contribution in [0.4, 0.5) is 5.82 Å². The minimum Gasteiger partial charge on any atom is -0.394 e. The number of fused-ring (bicyclic) bond motifs is 1. The van der Waals surface area contributed by atoms with E-state index in [1.165, 1.54) is 6.33 Å². The van der Waals surface area contributed by atoms with Gasteiger partial charge in [-0.15, -0.1) is 0 Å². The van der Waals surface area contributed by atoms with Crippen molar-refractivity contribution in [1.29, 1.82) is 0 Å². The van der Waals surface area contributed by atoms with Crippen LogP contribution in [0.5, 0.6) is 0 Å². The third-order valence-electron chi connectivity index (χ3n) is 4.73. The molecule has 0 aromatic carbocycles. The van der Waals surface area contributed by atoms with Crippen LogP contribution in [0, 0.1) is 5.92 Å². The van der Waals surface area contributed by atoms with Gasteiger partial charge in [-0.05, 0) is 24.8 Å². The summed E-state index contributed by atoms with van der Waals surface area (Å²) >= 11 is 0. The van der Waals surface area contributed by atoms with Gasteiger partial charge in [0.2, 0.25) is 0 Å². The highest BCUT2D eigenvalue weighted by molar-refractivity contribution is 5.86. The van der Waals surface area contributed by atoms with Crippen molar-refractivity contribution < 1.29 is 20.1 Å². The Bertz CT molecular complexity index is 716. The zero-order valence-corrected chi connectivity index (χ0v) is 11.8. The van der Waals surface area contributed by atoms with Crippen molar-refractivity contribution in [3.8, 4) is 0 Å². The molecule has 5 N–H and O–H groups in total. The fraction of sp³-hybridized carbons (Fsp3) is 0.571. The molecule has 4 atom stereocenters. The monoisotopic (exact) mass is 306 g/mol. The summed E-state index contributed by atoms with van der Waals surface area (Å²) in [6.45, 7) is -0.358. The van der Waals surface area contributed by atoms with E-state index in [0.717, 1.165) is 12.8 Å². The maximum Gasteiger partial charge on any atom is 0.167 e. The summed E-state index contributed by atoms with van der Waals surface area (Å²) in [4.78, 5) is 8.14. The van der Waals surface area contributed by atoms with Gasteiger partial charge in [0.15, 0.2) is 6.23 Å². The first-order chi connectivity index (χ1) is 10.6. The van der Waals surface area contributed by atoms with Gasteiger partial charge in [-0.25, -0.2) is 9.97 Å². The maximum absolute atomic E-state index is 11.1. The number of hydrogen-bond acceptors (Lipinski definition) is 7. The first-order valence-corrected chi connectivity index (χ1v) is 7.31. The Morgan fingerprint density at radius 1 is 1.41 bits per heavy atom. The second kappa shape index (κ2) is 4.63. The summed E-state index contributed by atoms with van der Waals surface area (Å²) in [5, 5.41) is 31.5. The molecule has 0 unspecified atom stereocenters. The normalized spacial score (nSPS) is 35.3. The van der Waals surface area contributed by atoms with E-state index in [0.29, 0.717) is 16.9 Å². The Kier molecular flexibility index (Phi) is 2.92. The summed E-state index contributed by atoms with van der Waals surface area (Å²) in [5.74, 6) is 0.289.